The Balaban J connectivity index is 1.35. The third-order valence-electron chi connectivity index (χ3n) is 5.99. The maximum Gasteiger partial charge on any atom is 0.266 e. The molecule has 3 N–H and O–H groups in total. The van der Waals surface area contributed by atoms with Gasteiger partial charge in [0.25, 0.3) is 5.91 Å². The molecule has 1 atom stereocenters. The number of aromatic nitrogens is 2. The molecule has 0 bridgehead atoms. The van der Waals surface area contributed by atoms with Crippen molar-refractivity contribution in [3.63, 3.8) is 0 Å². The number of nitrogens with two attached hydrogens (primary N) is 1. The van der Waals surface area contributed by atoms with E-state index in [-0.39, 0.29) is 42.3 Å². The fourth-order valence-electron chi connectivity index (χ4n) is 4.26. The number of ether oxygens (including phenoxy) is 2. The van der Waals surface area contributed by atoms with Crippen LogP contribution in [0.2, 0.25) is 5.02 Å². The van der Waals surface area contributed by atoms with E-state index in [9.17, 15) is 17.6 Å². The number of pyridine rings is 1. The van der Waals surface area contributed by atoms with Crippen LogP contribution in [0.3, 0.4) is 0 Å². The third-order valence-corrected chi connectivity index (χ3v) is 8.18. The average Bonchev–Trinajstić information content (AvgIpc) is 3.28. The largest absolute Gasteiger partial charge is 0.491 e. The lowest BCUT2D eigenvalue weighted by atomic mass is 10.1. The summed E-state index contributed by atoms with van der Waals surface area (Å²) in [6.07, 6.45) is 0.811. The summed E-state index contributed by atoms with van der Waals surface area (Å²) in [7, 11) is -4.13. The van der Waals surface area contributed by atoms with E-state index in [1.165, 1.54) is 22.6 Å². The molecular formula is C25H22ClFN4O5S. The van der Waals surface area contributed by atoms with Gasteiger partial charge in [0.05, 0.1) is 6.61 Å². The molecule has 12 heteroatoms. The Morgan fingerprint density at radius 1 is 1.22 bits per heavy atom. The number of carbonyl (C=O) groups excluding carboxylic acids is 1. The number of rotatable bonds is 7. The van der Waals surface area contributed by atoms with Crippen molar-refractivity contribution < 1.29 is 27.1 Å². The molecule has 0 spiro atoms. The predicted octanol–water partition coefficient (Wildman–Crippen LogP) is 3.59. The lowest BCUT2D eigenvalue weighted by molar-refractivity contribution is -0.0249. The Bertz CT molecular complexity index is 1590. The number of H-pyrrole nitrogens is 1. The maximum atomic E-state index is 13.7. The highest BCUT2D eigenvalue weighted by Crippen LogP contribution is 2.32. The van der Waals surface area contributed by atoms with Gasteiger partial charge in [0, 0.05) is 41.3 Å². The topological polar surface area (TPSA) is 128 Å². The number of hydrogen-bond donors (Lipinski definition) is 2. The van der Waals surface area contributed by atoms with Gasteiger partial charge in [-0.25, -0.2) is 13.4 Å². The Labute approximate surface area is 217 Å². The number of halogens is 2. The van der Waals surface area contributed by atoms with Crippen LogP contribution < -0.4 is 10.5 Å². The summed E-state index contributed by atoms with van der Waals surface area (Å²) in [5.74, 6) is -0.966. The van der Waals surface area contributed by atoms with Crippen molar-refractivity contribution in [3.8, 4) is 16.9 Å². The number of nitrogens with one attached hydrogen (secondary N) is 1. The van der Waals surface area contributed by atoms with Crippen molar-refractivity contribution in [2.24, 2.45) is 5.73 Å². The zero-order chi connectivity index (χ0) is 26.2. The first-order valence-electron chi connectivity index (χ1n) is 11.3. The normalized spacial score (nSPS) is 16.6. The molecule has 1 aliphatic heterocycles. The molecule has 4 aromatic rings. The molecule has 3 heterocycles. The van der Waals surface area contributed by atoms with E-state index in [1.54, 1.807) is 36.4 Å². The number of aromatic amines is 1. The standard InChI is InChI=1S/C25H22ClFN4O5S/c26-17-4-5-21-20(12-17)24(23(30-21)25(28)32)37(33,34)31-8-9-35-19(13-31)14-36-18-3-1-2-15(10-18)16-6-7-29-22(27)11-16/h1-7,10-12,19,30H,8-9,13-14H2,(H2,28,32). The van der Waals surface area contributed by atoms with Crippen LogP contribution in [-0.2, 0) is 14.8 Å². The highest BCUT2D eigenvalue weighted by atomic mass is 35.5. The minimum absolute atomic E-state index is 0.00301. The molecule has 1 unspecified atom stereocenters. The Morgan fingerprint density at radius 2 is 2.03 bits per heavy atom. The molecule has 2 aromatic carbocycles. The fourth-order valence-corrected chi connectivity index (χ4v) is 6.22. The van der Waals surface area contributed by atoms with Gasteiger partial charge < -0.3 is 20.2 Å². The highest BCUT2D eigenvalue weighted by molar-refractivity contribution is 7.89. The van der Waals surface area contributed by atoms with E-state index in [2.05, 4.69) is 9.97 Å². The van der Waals surface area contributed by atoms with Crippen LogP contribution in [0.15, 0.2) is 65.7 Å². The van der Waals surface area contributed by atoms with Crippen molar-refractivity contribution >= 4 is 38.4 Å². The van der Waals surface area contributed by atoms with Crippen molar-refractivity contribution in [1.29, 1.82) is 0 Å². The summed E-state index contributed by atoms with van der Waals surface area (Å²) in [6, 6.07) is 14.8. The molecule has 1 fully saturated rings. The number of carbonyl (C=O) groups is 1. The zero-order valence-corrected chi connectivity index (χ0v) is 20.9. The van der Waals surface area contributed by atoms with Gasteiger partial charge in [-0.3, -0.25) is 4.79 Å². The van der Waals surface area contributed by atoms with Gasteiger partial charge in [-0.1, -0.05) is 23.7 Å². The number of amides is 1. The summed E-state index contributed by atoms with van der Waals surface area (Å²) in [5.41, 5.74) is 7.10. The summed E-state index contributed by atoms with van der Waals surface area (Å²) < 4.78 is 53.7. The molecule has 0 aliphatic carbocycles. The molecule has 1 amide bonds. The molecule has 5 rings (SSSR count). The van der Waals surface area contributed by atoms with Crippen LogP contribution in [0.25, 0.3) is 22.0 Å². The Kier molecular flexibility index (Phi) is 6.86. The van der Waals surface area contributed by atoms with Crippen molar-refractivity contribution in [2.45, 2.75) is 11.0 Å². The van der Waals surface area contributed by atoms with Gasteiger partial charge in [0.1, 0.15) is 29.0 Å². The summed E-state index contributed by atoms with van der Waals surface area (Å²) in [4.78, 5) is 18.2. The first-order valence-corrected chi connectivity index (χ1v) is 13.1. The number of nitrogens with zero attached hydrogens (tertiary/aromatic N) is 2. The predicted molar refractivity (Wildman–Crippen MR) is 135 cm³/mol. The molecule has 1 saturated heterocycles. The lowest BCUT2D eigenvalue weighted by Gasteiger charge is -2.32. The number of primary amides is 1. The van der Waals surface area contributed by atoms with E-state index in [0.717, 1.165) is 5.56 Å². The Hall–Kier alpha value is -3.51. The smallest absolute Gasteiger partial charge is 0.266 e. The second kappa shape index (κ2) is 10.1. The number of benzene rings is 2. The van der Waals surface area contributed by atoms with Crippen LogP contribution >= 0.6 is 11.6 Å². The second-order valence-electron chi connectivity index (χ2n) is 8.45. The molecule has 9 nitrogen and oxygen atoms in total. The number of hydrogen-bond acceptors (Lipinski definition) is 6. The van der Waals surface area contributed by atoms with Gasteiger partial charge in [0.2, 0.25) is 16.0 Å². The number of sulfonamides is 1. The third kappa shape index (κ3) is 5.16. The molecule has 1 aliphatic rings. The minimum atomic E-state index is -4.13. The minimum Gasteiger partial charge on any atom is -0.491 e. The monoisotopic (exact) mass is 544 g/mol. The van der Waals surface area contributed by atoms with Crippen LogP contribution in [0.5, 0.6) is 5.75 Å². The molecule has 0 radical (unpaired) electrons. The fraction of sp³-hybridized carbons (Fsp3) is 0.200. The zero-order valence-electron chi connectivity index (χ0n) is 19.4. The van der Waals surface area contributed by atoms with Crippen molar-refractivity contribution in [2.75, 3.05) is 26.3 Å². The van der Waals surface area contributed by atoms with Crippen LogP contribution in [0, 0.1) is 5.95 Å². The van der Waals surface area contributed by atoms with Crippen LogP contribution in [0.4, 0.5) is 4.39 Å². The van der Waals surface area contributed by atoms with Crippen molar-refractivity contribution in [1.82, 2.24) is 14.3 Å². The SMILES string of the molecule is NC(=O)c1[nH]c2ccc(Cl)cc2c1S(=O)(=O)N1CCOC(COc2cccc(-c3ccnc(F)c3)c2)C1. The van der Waals surface area contributed by atoms with E-state index in [4.69, 9.17) is 26.8 Å². The van der Waals surface area contributed by atoms with Gasteiger partial charge in [-0.15, -0.1) is 0 Å². The van der Waals surface area contributed by atoms with Gasteiger partial charge in [-0.2, -0.15) is 8.70 Å². The van der Waals surface area contributed by atoms with Crippen LogP contribution in [0.1, 0.15) is 10.5 Å². The maximum absolute atomic E-state index is 13.7. The van der Waals surface area contributed by atoms with E-state index >= 15 is 0 Å². The number of morpholine rings is 1. The molecule has 192 valence electrons. The number of fused-ring (bicyclic) bond motifs is 1. The Morgan fingerprint density at radius 3 is 2.81 bits per heavy atom. The molecule has 2 aromatic heterocycles. The summed E-state index contributed by atoms with van der Waals surface area (Å²) >= 11 is 6.10. The van der Waals surface area contributed by atoms with Gasteiger partial charge in [0.15, 0.2) is 0 Å². The molecular weight excluding hydrogens is 523 g/mol. The van der Waals surface area contributed by atoms with Crippen LogP contribution in [-0.4, -0.2) is 61.0 Å². The summed E-state index contributed by atoms with van der Waals surface area (Å²) in [6.45, 7) is 0.303. The molecule has 0 saturated carbocycles. The lowest BCUT2D eigenvalue weighted by Crippen LogP contribution is -2.47. The quantitative estimate of drug-likeness (QED) is 0.342. The first kappa shape index (κ1) is 25.2. The second-order valence-corrected chi connectivity index (χ2v) is 10.8. The van der Waals surface area contributed by atoms with E-state index in [1.807, 2.05) is 6.07 Å². The van der Waals surface area contributed by atoms with Gasteiger partial charge >= 0.3 is 0 Å². The summed E-state index contributed by atoms with van der Waals surface area (Å²) in [5, 5.41) is 0.605. The van der Waals surface area contributed by atoms with E-state index in [0.29, 0.717) is 21.9 Å². The van der Waals surface area contributed by atoms with Gasteiger partial charge in [-0.05, 0) is 47.5 Å². The first-order chi connectivity index (χ1) is 17.7. The van der Waals surface area contributed by atoms with E-state index < -0.39 is 28.0 Å². The molecule has 37 heavy (non-hydrogen) atoms. The average molecular weight is 545 g/mol. The highest BCUT2D eigenvalue weighted by Gasteiger charge is 2.36. The van der Waals surface area contributed by atoms with Crippen molar-refractivity contribution in [3.05, 3.63) is 77.5 Å².